The first-order valence-electron chi connectivity index (χ1n) is 7.45. The summed E-state index contributed by atoms with van der Waals surface area (Å²) in [7, 11) is 0. The van der Waals surface area contributed by atoms with Crippen LogP contribution >= 0.6 is 11.3 Å². The molecule has 1 saturated heterocycles. The van der Waals surface area contributed by atoms with Crippen LogP contribution in [0.1, 0.15) is 38.2 Å². The van der Waals surface area contributed by atoms with Crippen LogP contribution in [0.4, 0.5) is 0 Å². The van der Waals surface area contributed by atoms with Crippen LogP contribution < -0.4 is 10.6 Å². The maximum atomic E-state index is 5.62. The third kappa shape index (κ3) is 4.80. The quantitative estimate of drug-likeness (QED) is 0.626. The number of hydrogen-bond donors (Lipinski definition) is 2. The number of nitrogens with one attached hydrogen (secondary N) is 2. The molecule has 2 rings (SSSR count). The number of rotatable bonds is 6. The molecule has 0 aliphatic carbocycles. The maximum absolute atomic E-state index is 5.62. The van der Waals surface area contributed by atoms with Crippen molar-refractivity contribution in [1.82, 2.24) is 10.6 Å². The highest BCUT2D eigenvalue weighted by molar-refractivity contribution is 7.07. The first kappa shape index (κ1) is 15.3. The highest BCUT2D eigenvalue weighted by Gasteiger charge is 2.15. The average molecular weight is 295 g/mol. The number of hydrogen-bond acceptors (Lipinski definition) is 3. The van der Waals surface area contributed by atoms with Gasteiger partial charge >= 0.3 is 0 Å². The van der Waals surface area contributed by atoms with Crippen LogP contribution in [-0.4, -0.2) is 38.3 Å². The minimum atomic E-state index is 0.341. The van der Waals surface area contributed by atoms with Crippen molar-refractivity contribution in [3.63, 3.8) is 0 Å². The van der Waals surface area contributed by atoms with Crippen LogP contribution in [0, 0.1) is 0 Å². The summed E-state index contributed by atoms with van der Waals surface area (Å²) in [6, 6.07) is 2.18. The fourth-order valence-corrected chi connectivity index (χ4v) is 3.03. The van der Waals surface area contributed by atoms with E-state index >= 15 is 0 Å². The van der Waals surface area contributed by atoms with Crippen LogP contribution in [0.15, 0.2) is 21.8 Å². The lowest BCUT2D eigenvalue weighted by molar-refractivity contribution is 0.114. The van der Waals surface area contributed by atoms with Gasteiger partial charge in [-0.25, -0.2) is 0 Å². The molecular formula is C15H25N3OS. The van der Waals surface area contributed by atoms with Gasteiger partial charge in [0.25, 0.3) is 0 Å². The Morgan fingerprint density at radius 1 is 1.55 bits per heavy atom. The highest BCUT2D eigenvalue weighted by atomic mass is 32.1. The van der Waals surface area contributed by atoms with Crippen LogP contribution in [0.2, 0.25) is 0 Å². The van der Waals surface area contributed by atoms with Crippen molar-refractivity contribution in [2.75, 3.05) is 26.2 Å². The zero-order chi connectivity index (χ0) is 14.2. The molecule has 2 unspecified atom stereocenters. The molecule has 2 heterocycles. The van der Waals surface area contributed by atoms with Gasteiger partial charge in [-0.2, -0.15) is 11.3 Å². The SMILES string of the molecule is CCNC(=NCC(C)c1ccsc1)NCC1CCCO1. The van der Waals surface area contributed by atoms with Gasteiger partial charge in [0.15, 0.2) is 5.96 Å². The summed E-state index contributed by atoms with van der Waals surface area (Å²) in [6.07, 6.45) is 2.67. The van der Waals surface area contributed by atoms with E-state index in [2.05, 4.69) is 46.3 Å². The van der Waals surface area contributed by atoms with Crippen molar-refractivity contribution >= 4 is 17.3 Å². The lowest BCUT2D eigenvalue weighted by atomic mass is 10.1. The Hall–Kier alpha value is -1.07. The molecule has 1 aromatic rings. The van der Waals surface area contributed by atoms with Gasteiger partial charge in [0.1, 0.15) is 0 Å². The Balaban J connectivity index is 1.81. The van der Waals surface area contributed by atoms with E-state index in [4.69, 9.17) is 4.74 Å². The molecule has 1 aliphatic heterocycles. The van der Waals surface area contributed by atoms with E-state index in [1.54, 1.807) is 11.3 Å². The van der Waals surface area contributed by atoms with E-state index in [0.717, 1.165) is 38.6 Å². The molecule has 2 atom stereocenters. The molecule has 1 aromatic heterocycles. The zero-order valence-corrected chi connectivity index (χ0v) is 13.2. The number of aliphatic imine (C=N–C) groups is 1. The first-order chi connectivity index (χ1) is 9.79. The number of thiophene rings is 1. The molecule has 0 radical (unpaired) electrons. The standard InChI is InChI=1S/C15H25N3OS/c1-3-16-15(18-10-14-5-4-7-19-14)17-9-12(2)13-6-8-20-11-13/h6,8,11-12,14H,3-5,7,9-10H2,1-2H3,(H2,16,17,18). The number of ether oxygens (including phenoxy) is 1. The molecule has 0 bridgehead atoms. The lowest BCUT2D eigenvalue weighted by Crippen LogP contribution is -2.41. The molecule has 2 N–H and O–H groups in total. The average Bonchev–Trinajstić information content (AvgIpc) is 3.13. The molecule has 4 nitrogen and oxygen atoms in total. The summed E-state index contributed by atoms with van der Waals surface area (Å²) in [5, 5.41) is 11.0. The van der Waals surface area contributed by atoms with Crippen molar-refractivity contribution in [1.29, 1.82) is 0 Å². The van der Waals surface area contributed by atoms with Gasteiger partial charge in [-0.3, -0.25) is 4.99 Å². The van der Waals surface area contributed by atoms with E-state index < -0.39 is 0 Å². The number of nitrogens with zero attached hydrogens (tertiary/aromatic N) is 1. The van der Waals surface area contributed by atoms with E-state index in [9.17, 15) is 0 Å². The van der Waals surface area contributed by atoms with Crippen molar-refractivity contribution < 1.29 is 4.74 Å². The Morgan fingerprint density at radius 2 is 2.45 bits per heavy atom. The largest absolute Gasteiger partial charge is 0.376 e. The summed E-state index contributed by atoms with van der Waals surface area (Å²) in [4.78, 5) is 4.67. The van der Waals surface area contributed by atoms with Crippen molar-refractivity contribution in [3.05, 3.63) is 22.4 Å². The molecule has 5 heteroatoms. The van der Waals surface area contributed by atoms with Gasteiger partial charge in [0.2, 0.25) is 0 Å². The maximum Gasteiger partial charge on any atom is 0.191 e. The van der Waals surface area contributed by atoms with E-state index in [1.165, 1.54) is 12.0 Å². The van der Waals surface area contributed by atoms with Gasteiger partial charge in [-0.05, 0) is 42.2 Å². The second kappa shape index (κ2) is 8.27. The monoisotopic (exact) mass is 295 g/mol. The highest BCUT2D eigenvalue weighted by Crippen LogP contribution is 2.18. The third-order valence-electron chi connectivity index (χ3n) is 3.50. The molecule has 0 spiro atoms. The Kier molecular flexibility index (Phi) is 6.33. The third-order valence-corrected chi connectivity index (χ3v) is 4.20. The molecule has 1 aliphatic rings. The van der Waals surface area contributed by atoms with Crippen LogP contribution in [0.25, 0.3) is 0 Å². The van der Waals surface area contributed by atoms with Crippen molar-refractivity contribution in [3.8, 4) is 0 Å². The van der Waals surface area contributed by atoms with Gasteiger partial charge in [0.05, 0.1) is 6.10 Å². The van der Waals surface area contributed by atoms with E-state index in [-0.39, 0.29) is 0 Å². The van der Waals surface area contributed by atoms with Crippen LogP contribution in [0.5, 0.6) is 0 Å². The first-order valence-corrected chi connectivity index (χ1v) is 8.39. The smallest absolute Gasteiger partial charge is 0.191 e. The van der Waals surface area contributed by atoms with Crippen LogP contribution in [0.3, 0.4) is 0 Å². The summed E-state index contributed by atoms with van der Waals surface area (Å²) < 4.78 is 5.62. The molecule has 20 heavy (non-hydrogen) atoms. The summed E-state index contributed by atoms with van der Waals surface area (Å²) in [6.45, 7) is 7.73. The minimum absolute atomic E-state index is 0.341. The number of guanidine groups is 1. The van der Waals surface area contributed by atoms with Gasteiger partial charge in [0, 0.05) is 32.2 Å². The topological polar surface area (TPSA) is 45.7 Å². The van der Waals surface area contributed by atoms with Gasteiger partial charge < -0.3 is 15.4 Å². The second-order valence-corrected chi connectivity index (χ2v) is 5.97. The molecule has 0 aromatic carbocycles. The Labute approximate surface area is 125 Å². The Bertz CT molecular complexity index is 399. The molecule has 0 amide bonds. The fraction of sp³-hybridized carbons (Fsp3) is 0.667. The van der Waals surface area contributed by atoms with Crippen molar-refractivity contribution in [2.24, 2.45) is 4.99 Å². The van der Waals surface area contributed by atoms with Crippen LogP contribution in [-0.2, 0) is 4.74 Å². The fourth-order valence-electron chi connectivity index (χ4n) is 2.25. The zero-order valence-electron chi connectivity index (χ0n) is 12.4. The van der Waals surface area contributed by atoms with Gasteiger partial charge in [-0.1, -0.05) is 6.92 Å². The second-order valence-electron chi connectivity index (χ2n) is 5.19. The normalized spacial score (nSPS) is 20.9. The minimum Gasteiger partial charge on any atom is -0.376 e. The molecule has 1 fully saturated rings. The van der Waals surface area contributed by atoms with E-state index in [0.29, 0.717) is 12.0 Å². The van der Waals surface area contributed by atoms with Crippen molar-refractivity contribution in [2.45, 2.75) is 38.7 Å². The predicted molar refractivity (Wildman–Crippen MR) is 85.7 cm³/mol. The molecule has 0 saturated carbocycles. The summed E-state index contributed by atoms with van der Waals surface area (Å²) in [5.41, 5.74) is 1.37. The summed E-state index contributed by atoms with van der Waals surface area (Å²) >= 11 is 1.74. The van der Waals surface area contributed by atoms with E-state index in [1.807, 2.05) is 0 Å². The van der Waals surface area contributed by atoms with Gasteiger partial charge in [-0.15, -0.1) is 0 Å². The Morgan fingerprint density at radius 3 is 3.10 bits per heavy atom. The lowest BCUT2D eigenvalue weighted by Gasteiger charge is -2.15. The molecule has 112 valence electrons. The summed E-state index contributed by atoms with van der Waals surface area (Å²) in [5.74, 6) is 1.35. The predicted octanol–water partition coefficient (Wildman–Crippen LogP) is 2.59. The molecular weight excluding hydrogens is 270 g/mol.